The number of non-ortho nitro benzene ring substituents is 1. The molecule has 3 aromatic rings. The third-order valence-corrected chi connectivity index (χ3v) is 6.59. The molecule has 0 saturated carbocycles. The van der Waals surface area contributed by atoms with Crippen molar-refractivity contribution in [2.75, 3.05) is 11.9 Å². The number of hydrogen-bond donors (Lipinski definition) is 1. The Balaban J connectivity index is 1.55. The fourth-order valence-electron chi connectivity index (χ4n) is 3.93. The Morgan fingerprint density at radius 2 is 1.81 bits per heavy atom. The van der Waals surface area contributed by atoms with Crippen molar-refractivity contribution in [1.29, 1.82) is 0 Å². The number of nitrogens with one attached hydrogen (secondary N) is 1. The smallest absolute Gasteiger partial charge is 0.417 e. The van der Waals surface area contributed by atoms with Gasteiger partial charge in [0.15, 0.2) is 0 Å². The summed E-state index contributed by atoms with van der Waals surface area (Å²) in [6.07, 6.45) is -0.153. The van der Waals surface area contributed by atoms with E-state index in [2.05, 4.69) is 22.3 Å². The maximum Gasteiger partial charge on any atom is 0.417 e. The van der Waals surface area contributed by atoms with E-state index in [1.54, 1.807) is 20.8 Å². The Labute approximate surface area is 212 Å². The van der Waals surface area contributed by atoms with E-state index < -0.39 is 22.6 Å². The lowest BCUT2D eigenvalue weighted by molar-refractivity contribution is -0.384. The maximum atomic E-state index is 13.1. The van der Waals surface area contributed by atoms with Crippen molar-refractivity contribution in [1.82, 2.24) is 4.90 Å². The van der Waals surface area contributed by atoms with Gasteiger partial charge in [0.05, 0.1) is 10.5 Å². The van der Waals surface area contributed by atoms with Gasteiger partial charge in [-0.3, -0.25) is 20.3 Å². The fraction of sp³-hybridized carbons (Fsp3) is 0.308. The van der Waals surface area contributed by atoms with Gasteiger partial charge in [-0.15, -0.1) is 11.3 Å². The monoisotopic (exact) mass is 509 g/mol. The van der Waals surface area contributed by atoms with Gasteiger partial charge in [0.2, 0.25) is 0 Å². The number of amides is 1. The summed E-state index contributed by atoms with van der Waals surface area (Å²) >= 11 is 1.33. The lowest BCUT2D eigenvalue weighted by Crippen LogP contribution is -2.30. The molecule has 1 aliphatic heterocycles. The summed E-state index contributed by atoms with van der Waals surface area (Å²) in [6, 6.07) is 15.3. The van der Waals surface area contributed by atoms with Crippen LogP contribution in [0.3, 0.4) is 0 Å². The predicted octanol–water partition coefficient (Wildman–Crippen LogP) is 5.78. The average Bonchev–Trinajstić information content (AvgIpc) is 3.16. The molecule has 0 aliphatic carbocycles. The Hall–Kier alpha value is -3.76. The third kappa shape index (κ3) is 6.27. The lowest BCUT2D eigenvalue weighted by atomic mass is 10.0. The summed E-state index contributed by atoms with van der Waals surface area (Å²) in [4.78, 5) is 39.4. The summed E-state index contributed by atoms with van der Waals surface area (Å²) in [7, 11) is 0. The Morgan fingerprint density at radius 1 is 1.11 bits per heavy atom. The molecule has 2 heterocycles. The first-order valence-electron chi connectivity index (χ1n) is 11.5. The minimum Gasteiger partial charge on any atom is -0.456 e. The molecule has 188 valence electrons. The summed E-state index contributed by atoms with van der Waals surface area (Å²) in [5.41, 5.74) is 1.63. The van der Waals surface area contributed by atoms with Gasteiger partial charge in [-0.25, -0.2) is 9.59 Å². The van der Waals surface area contributed by atoms with Gasteiger partial charge in [0.1, 0.15) is 16.4 Å². The Bertz CT molecular complexity index is 1270. The van der Waals surface area contributed by atoms with Crippen LogP contribution in [0, 0.1) is 10.1 Å². The van der Waals surface area contributed by atoms with Gasteiger partial charge in [-0.2, -0.15) is 0 Å². The normalized spacial score (nSPS) is 13.5. The van der Waals surface area contributed by atoms with Crippen molar-refractivity contribution in [3.8, 4) is 5.75 Å². The molecule has 1 amide bonds. The molecule has 36 heavy (non-hydrogen) atoms. The van der Waals surface area contributed by atoms with Gasteiger partial charge >= 0.3 is 12.1 Å². The highest BCUT2D eigenvalue weighted by atomic mass is 32.1. The summed E-state index contributed by atoms with van der Waals surface area (Å²) < 4.78 is 10.9. The van der Waals surface area contributed by atoms with E-state index in [0.717, 1.165) is 23.5 Å². The van der Waals surface area contributed by atoms with Crippen LogP contribution >= 0.6 is 11.3 Å². The molecule has 4 rings (SSSR count). The van der Waals surface area contributed by atoms with E-state index in [1.165, 1.54) is 41.2 Å². The number of esters is 1. The number of carbonyl (C=O) groups excluding carboxylic acids is 2. The number of ether oxygens (including phenoxy) is 2. The molecule has 0 bridgehead atoms. The van der Waals surface area contributed by atoms with E-state index >= 15 is 0 Å². The fourth-order valence-corrected chi connectivity index (χ4v) is 5.19. The van der Waals surface area contributed by atoms with E-state index in [1.807, 2.05) is 18.2 Å². The maximum absolute atomic E-state index is 13.1. The number of nitrogens with zero attached hydrogens (tertiary/aromatic N) is 2. The minimum atomic E-state index is -0.798. The number of thiophene rings is 1. The van der Waals surface area contributed by atoms with Crippen molar-refractivity contribution >= 4 is 34.1 Å². The zero-order valence-corrected chi connectivity index (χ0v) is 21.1. The largest absolute Gasteiger partial charge is 0.456 e. The first kappa shape index (κ1) is 25.3. The number of nitro groups is 1. The topological polar surface area (TPSA) is 111 Å². The van der Waals surface area contributed by atoms with Gasteiger partial charge in [-0.1, -0.05) is 30.3 Å². The zero-order valence-electron chi connectivity index (χ0n) is 20.3. The second-order valence-electron chi connectivity index (χ2n) is 9.42. The molecule has 0 unspecified atom stereocenters. The van der Waals surface area contributed by atoms with Crippen LogP contribution in [0.2, 0.25) is 0 Å². The highest BCUT2D eigenvalue weighted by Crippen LogP contribution is 2.38. The van der Waals surface area contributed by atoms with Crippen molar-refractivity contribution in [3.63, 3.8) is 0 Å². The molecular formula is C26H27N3O6S. The van der Waals surface area contributed by atoms with Crippen molar-refractivity contribution < 1.29 is 24.0 Å². The Kier molecular flexibility index (Phi) is 7.37. The molecule has 2 aromatic carbocycles. The second kappa shape index (κ2) is 10.5. The highest BCUT2D eigenvalue weighted by Gasteiger charge is 2.31. The van der Waals surface area contributed by atoms with Crippen LogP contribution < -0.4 is 10.1 Å². The van der Waals surface area contributed by atoms with Crippen molar-refractivity contribution in [2.45, 2.75) is 45.9 Å². The molecule has 1 aromatic heterocycles. The molecule has 1 N–H and O–H groups in total. The quantitative estimate of drug-likeness (QED) is 0.255. The number of anilines is 1. The predicted molar refractivity (Wildman–Crippen MR) is 136 cm³/mol. The zero-order chi connectivity index (χ0) is 25.9. The molecule has 1 aliphatic rings. The van der Waals surface area contributed by atoms with Gasteiger partial charge < -0.3 is 9.47 Å². The van der Waals surface area contributed by atoms with Crippen molar-refractivity contribution in [3.05, 3.63) is 86.3 Å². The van der Waals surface area contributed by atoms with Gasteiger partial charge in [-0.05, 0) is 50.5 Å². The number of hydrogen-bond acceptors (Lipinski definition) is 8. The SMILES string of the molecule is CC(C)(C)OC(=O)c1c(NC(=O)Oc2ccc([N+](=O)[O-])cc2)sc2c1CCN(Cc1ccccc1)C2. The molecular weight excluding hydrogens is 482 g/mol. The van der Waals surface area contributed by atoms with E-state index in [0.29, 0.717) is 23.5 Å². The van der Waals surface area contributed by atoms with Gasteiger partial charge in [0, 0.05) is 36.6 Å². The molecule has 0 spiro atoms. The number of nitro benzene ring substituents is 1. The van der Waals surface area contributed by atoms with E-state index in [4.69, 9.17) is 9.47 Å². The lowest BCUT2D eigenvalue weighted by Gasteiger charge is -2.27. The summed E-state index contributed by atoms with van der Waals surface area (Å²) in [6.45, 7) is 7.57. The first-order valence-corrected chi connectivity index (χ1v) is 12.3. The number of carbonyl (C=O) groups is 2. The number of fused-ring (bicyclic) bond motifs is 1. The second-order valence-corrected chi connectivity index (χ2v) is 10.5. The van der Waals surface area contributed by atoms with Crippen LogP contribution in [0.25, 0.3) is 0 Å². The average molecular weight is 510 g/mol. The van der Waals surface area contributed by atoms with Gasteiger partial charge in [0.25, 0.3) is 5.69 Å². The molecule has 0 atom stereocenters. The van der Waals surface area contributed by atoms with Crippen LogP contribution in [0.1, 0.15) is 47.1 Å². The van der Waals surface area contributed by atoms with E-state index in [9.17, 15) is 19.7 Å². The first-order chi connectivity index (χ1) is 17.1. The molecule has 10 heteroatoms. The van der Waals surface area contributed by atoms with E-state index in [-0.39, 0.29) is 11.4 Å². The molecule has 9 nitrogen and oxygen atoms in total. The van der Waals surface area contributed by atoms with Crippen molar-refractivity contribution in [2.24, 2.45) is 0 Å². The minimum absolute atomic E-state index is 0.110. The number of rotatable bonds is 6. The third-order valence-electron chi connectivity index (χ3n) is 5.46. The standard InChI is InChI=1S/C26H27N3O6S/c1-26(2,3)35-24(30)22-20-13-14-28(15-17-7-5-4-6-8-17)16-21(20)36-23(22)27-25(31)34-19-11-9-18(10-12-19)29(32)33/h4-12H,13-16H2,1-3H3,(H,27,31). The molecule has 0 radical (unpaired) electrons. The van der Waals surface area contributed by atoms with Crippen LogP contribution in [0.15, 0.2) is 54.6 Å². The highest BCUT2D eigenvalue weighted by molar-refractivity contribution is 7.17. The van der Waals surface area contributed by atoms with Crippen LogP contribution in [0.5, 0.6) is 5.75 Å². The Morgan fingerprint density at radius 3 is 2.44 bits per heavy atom. The summed E-state index contributed by atoms with van der Waals surface area (Å²) in [5, 5.41) is 13.9. The summed E-state index contributed by atoms with van der Waals surface area (Å²) in [5.74, 6) is -0.352. The van der Waals surface area contributed by atoms with Crippen LogP contribution in [-0.4, -0.2) is 34.0 Å². The van der Waals surface area contributed by atoms with Crippen LogP contribution in [0.4, 0.5) is 15.5 Å². The number of benzene rings is 2. The molecule has 0 saturated heterocycles. The molecule has 0 fully saturated rings. The van der Waals surface area contributed by atoms with Crippen LogP contribution in [-0.2, 0) is 24.2 Å².